The molecule has 7 aromatic carbocycles. The van der Waals surface area contributed by atoms with Crippen LogP contribution in [0.1, 0.15) is 61.8 Å². The van der Waals surface area contributed by atoms with Crippen molar-refractivity contribution < 1.29 is 4.42 Å². The largest absolute Gasteiger partial charge is 0.456 e. The van der Waals surface area contributed by atoms with Gasteiger partial charge in [-0.2, -0.15) is 0 Å². The summed E-state index contributed by atoms with van der Waals surface area (Å²) in [6.07, 6.45) is 9.34. The highest BCUT2D eigenvalue weighted by molar-refractivity contribution is 6.07. The fraction of sp³-hybridized carbons (Fsp3) is 0.161. The molecule has 0 N–H and O–H groups in total. The summed E-state index contributed by atoms with van der Waals surface area (Å²) in [5.41, 5.74) is 19.3. The van der Waals surface area contributed by atoms with Crippen LogP contribution in [0.2, 0.25) is 0 Å². The van der Waals surface area contributed by atoms with E-state index in [4.69, 9.17) is 9.40 Å². The van der Waals surface area contributed by atoms with Crippen LogP contribution in [0.5, 0.6) is 0 Å². The monoisotopic (exact) mass is 749 g/mol. The number of hydrogen-bond acceptors (Lipinski definition) is 2. The van der Waals surface area contributed by atoms with Crippen LogP contribution in [0, 0.1) is 0 Å². The molecule has 0 saturated heterocycles. The highest BCUT2D eigenvalue weighted by Gasteiger charge is 2.35. The predicted octanol–water partition coefficient (Wildman–Crippen LogP) is 15.3. The number of aryl methyl sites for hydroxylation is 2. The molecule has 2 heterocycles. The van der Waals surface area contributed by atoms with Gasteiger partial charge in [0.1, 0.15) is 11.2 Å². The SMILES string of the molecule is CC1(C)c2ccccc2-c2ccc(-c3ccc(-c4ccc5oc6ccc(-c7cccc(-c8cccc(CCCCCCc9ccccc9)c8)c7)cc6c5c4)cn3)cc21. The van der Waals surface area contributed by atoms with Crippen LogP contribution in [0.4, 0.5) is 0 Å². The van der Waals surface area contributed by atoms with Gasteiger partial charge >= 0.3 is 0 Å². The minimum atomic E-state index is -0.0396. The summed E-state index contributed by atoms with van der Waals surface area (Å²) >= 11 is 0. The Morgan fingerprint density at radius 3 is 1.71 bits per heavy atom. The van der Waals surface area contributed by atoms with Gasteiger partial charge in [-0.05, 0) is 129 Å². The summed E-state index contributed by atoms with van der Waals surface area (Å²) in [7, 11) is 0. The highest BCUT2D eigenvalue weighted by atomic mass is 16.3. The second-order valence-corrected chi connectivity index (χ2v) is 16.6. The molecule has 0 atom stereocenters. The maximum absolute atomic E-state index is 6.35. The molecule has 2 heteroatoms. The summed E-state index contributed by atoms with van der Waals surface area (Å²) < 4.78 is 6.35. The van der Waals surface area contributed by atoms with Gasteiger partial charge in [-0.25, -0.2) is 0 Å². The lowest BCUT2D eigenvalue weighted by Crippen LogP contribution is -2.14. The number of nitrogens with zero attached hydrogens (tertiary/aromatic N) is 1. The maximum atomic E-state index is 6.35. The average molecular weight is 750 g/mol. The van der Waals surface area contributed by atoms with Crippen LogP contribution in [0.15, 0.2) is 180 Å². The van der Waals surface area contributed by atoms with Crippen molar-refractivity contribution in [2.45, 2.75) is 57.8 Å². The van der Waals surface area contributed by atoms with Crippen molar-refractivity contribution in [3.63, 3.8) is 0 Å². The van der Waals surface area contributed by atoms with E-state index in [1.165, 1.54) is 87.7 Å². The van der Waals surface area contributed by atoms with Crippen LogP contribution < -0.4 is 0 Å². The number of hydrogen-bond donors (Lipinski definition) is 0. The summed E-state index contributed by atoms with van der Waals surface area (Å²) in [4.78, 5) is 4.98. The lowest BCUT2D eigenvalue weighted by molar-refractivity contribution is 0.640. The van der Waals surface area contributed by atoms with E-state index < -0.39 is 0 Å². The number of fused-ring (bicyclic) bond motifs is 6. The van der Waals surface area contributed by atoms with Gasteiger partial charge in [0.05, 0.1) is 5.69 Å². The molecule has 58 heavy (non-hydrogen) atoms. The van der Waals surface area contributed by atoms with Gasteiger partial charge in [0, 0.05) is 33.5 Å². The second-order valence-electron chi connectivity index (χ2n) is 16.6. The number of furan rings is 1. The molecule has 0 fully saturated rings. The smallest absolute Gasteiger partial charge is 0.135 e. The number of aromatic nitrogens is 1. The van der Waals surface area contributed by atoms with E-state index in [9.17, 15) is 0 Å². The van der Waals surface area contributed by atoms with Crippen molar-refractivity contribution in [1.29, 1.82) is 0 Å². The first-order chi connectivity index (χ1) is 28.5. The number of unbranched alkanes of at least 4 members (excludes halogenated alkanes) is 3. The van der Waals surface area contributed by atoms with E-state index in [1.54, 1.807) is 0 Å². The molecule has 0 bridgehead atoms. The van der Waals surface area contributed by atoms with Gasteiger partial charge < -0.3 is 4.42 Å². The molecule has 0 spiro atoms. The molecular formula is C56H47NO. The Morgan fingerprint density at radius 1 is 0.414 bits per heavy atom. The Bertz CT molecular complexity index is 2910. The molecular weight excluding hydrogens is 703 g/mol. The molecule has 2 nitrogen and oxygen atoms in total. The van der Waals surface area contributed by atoms with Crippen molar-refractivity contribution in [1.82, 2.24) is 4.98 Å². The number of benzene rings is 7. The molecule has 1 aliphatic carbocycles. The third-order valence-corrected chi connectivity index (χ3v) is 12.4. The molecule has 0 radical (unpaired) electrons. The van der Waals surface area contributed by atoms with Gasteiger partial charge in [0.2, 0.25) is 0 Å². The highest BCUT2D eigenvalue weighted by Crippen LogP contribution is 2.49. The van der Waals surface area contributed by atoms with Gasteiger partial charge in [0.25, 0.3) is 0 Å². The van der Waals surface area contributed by atoms with Crippen LogP contribution in [0.3, 0.4) is 0 Å². The van der Waals surface area contributed by atoms with E-state index in [0.29, 0.717) is 0 Å². The summed E-state index contributed by atoms with van der Waals surface area (Å²) in [5, 5.41) is 2.24. The quantitative estimate of drug-likeness (QED) is 0.123. The van der Waals surface area contributed by atoms with Gasteiger partial charge in [-0.15, -0.1) is 0 Å². The topological polar surface area (TPSA) is 26.0 Å². The van der Waals surface area contributed by atoms with E-state index in [1.807, 2.05) is 6.20 Å². The lowest BCUT2D eigenvalue weighted by Gasteiger charge is -2.21. The molecule has 2 aromatic heterocycles. The third kappa shape index (κ3) is 6.83. The minimum absolute atomic E-state index is 0.0396. The van der Waals surface area contributed by atoms with Crippen molar-refractivity contribution in [2.24, 2.45) is 0 Å². The third-order valence-electron chi connectivity index (χ3n) is 12.4. The molecule has 0 unspecified atom stereocenters. The van der Waals surface area contributed by atoms with Crippen molar-refractivity contribution >= 4 is 21.9 Å². The van der Waals surface area contributed by atoms with Crippen LogP contribution >= 0.6 is 0 Å². The molecule has 9 aromatic rings. The first-order valence-electron chi connectivity index (χ1n) is 20.9. The molecule has 0 amide bonds. The Labute approximate surface area is 341 Å². The zero-order chi connectivity index (χ0) is 39.1. The van der Waals surface area contributed by atoms with Gasteiger partial charge in [-0.1, -0.05) is 154 Å². The summed E-state index contributed by atoms with van der Waals surface area (Å²) in [6, 6.07) is 61.9. The zero-order valence-corrected chi connectivity index (χ0v) is 33.3. The molecule has 0 aliphatic heterocycles. The molecule has 0 saturated carbocycles. The molecule has 10 rings (SSSR count). The van der Waals surface area contributed by atoms with E-state index >= 15 is 0 Å². The Balaban J connectivity index is 0.858. The second kappa shape index (κ2) is 15.1. The summed E-state index contributed by atoms with van der Waals surface area (Å²) in [6.45, 7) is 4.65. The van der Waals surface area contributed by atoms with E-state index in [-0.39, 0.29) is 5.41 Å². The number of rotatable bonds is 11. The van der Waals surface area contributed by atoms with Gasteiger partial charge in [-0.3, -0.25) is 4.98 Å². The predicted molar refractivity (Wildman–Crippen MR) is 243 cm³/mol. The molecule has 282 valence electrons. The lowest BCUT2D eigenvalue weighted by atomic mass is 9.82. The minimum Gasteiger partial charge on any atom is -0.456 e. The van der Waals surface area contributed by atoms with Crippen molar-refractivity contribution in [3.05, 3.63) is 198 Å². The van der Waals surface area contributed by atoms with E-state index in [2.05, 4.69) is 184 Å². The van der Waals surface area contributed by atoms with Crippen molar-refractivity contribution in [2.75, 3.05) is 0 Å². The first kappa shape index (κ1) is 35.9. The maximum Gasteiger partial charge on any atom is 0.135 e. The van der Waals surface area contributed by atoms with Crippen molar-refractivity contribution in [3.8, 4) is 55.8 Å². The van der Waals surface area contributed by atoms with Crippen LogP contribution in [0.25, 0.3) is 77.7 Å². The standard InChI is InChI=1S/C56H47NO/c1-56(2)51-23-11-10-22-47(51)48-28-24-45(36-52(48)56)53-29-25-46(37-57-53)44-27-31-55-50(35-44)49-34-43(26-30-54(49)58-55)42-21-13-20-41(33-42)40-19-12-18-39(32-40)17-7-4-3-6-14-38-15-8-5-9-16-38/h5,8-13,15-16,18-37H,3-4,6-7,14,17H2,1-2H3. The number of pyridine rings is 1. The van der Waals surface area contributed by atoms with Crippen LogP contribution in [-0.4, -0.2) is 4.98 Å². The van der Waals surface area contributed by atoms with E-state index in [0.717, 1.165) is 50.7 Å². The Morgan fingerprint density at radius 2 is 0.983 bits per heavy atom. The normalized spacial score (nSPS) is 12.9. The summed E-state index contributed by atoms with van der Waals surface area (Å²) in [5.74, 6) is 0. The fourth-order valence-electron chi connectivity index (χ4n) is 9.18. The Hall–Kier alpha value is -6.51. The molecule has 1 aliphatic rings. The first-order valence-corrected chi connectivity index (χ1v) is 20.9. The zero-order valence-electron chi connectivity index (χ0n) is 33.3. The van der Waals surface area contributed by atoms with Gasteiger partial charge in [0.15, 0.2) is 0 Å². The fourth-order valence-corrected chi connectivity index (χ4v) is 9.18. The Kier molecular flexibility index (Phi) is 9.34. The average Bonchev–Trinajstić information content (AvgIpc) is 3.76. The van der Waals surface area contributed by atoms with Crippen LogP contribution in [-0.2, 0) is 18.3 Å².